The first-order valence-electron chi connectivity index (χ1n) is 7.84. The lowest BCUT2D eigenvalue weighted by Gasteiger charge is -2.29. The van der Waals surface area contributed by atoms with Gasteiger partial charge in [0.05, 0.1) is 17.5 Å². The van der Waals surface area contributed by atoms with E-state index < -0.39 is 11.9 Å². The Morgan fingerprint density at radius 2 is 2.00 bits per heavy atom. The number of benzene rings is 1. The Labute approximate surface area is 141 Å². The molecule has 1 N–H and O–H groups in total. The first kappa shape index (κ1) is 17.6. The fraction of sp³-hybridized carbons (Fsp3) is 0.529. The van der Waals surface area contributed by atoms with Gasteiger partial charge in [-0.1, -0.05) is 30.2 Å². The van der Waals surface area contributed by atoms with Gasteiger partial charge >= 0.3 is 5.97 Å². The van der Waals surface area contributed by atoms with Crippen molar-refractivity contribution in [2.24, 2.45) is 11.8 Å². The van der Waals surface area contributed by atoms with Crippen molar-refractivity contribution >= 4 is 23.5 Å². The molecule has 1 fully saturated rings. The number of nitrogens with zero attached hydrogens (tertiary/aromatic N) is 1. The van der Waals surface area contributed by atoms with E-state index in [2.05, 4.69) is 0 Å². The predicted octanol–water partition coefficient (Wildman–Crippen LogP) is 3.07. The summed E-state index contributed by atoms with van der Waals surface area (Å²) in [6.45, 7) is 0.791. The number of carboxylic acid groups (broad SMARTS) is 1. The Morgan fingerprint density at radius 3 is 2.70 bits per heavy atom. The predicted molar refractivity (Wildman–Crippen MR) is 87.7 cm³/mol. The van der Waals surface area contributed by atoms with Crippen molar-refractivity contribution < 1.29 is 19.4 Å². The molecule has 0 aromatic heterocycles. The van der Waals surface area contributed by atoms with E-state index in [1.165, 1.54) is 0 Å². The number of ether oxygens (including phenoxy) is 1. The molecule has 1 aliphatic rings. The van der Waals surface area contributed by atoms with Crippen LogP contribution < -0.4 is 4.74 Å². The first-order valence-corrected chi connectivity index (χ1v) is 8.22. The first-order chi connectivity index (χ1) is 11.0. The van der Waals surface area contributed by atoms with Gasteiger partial charge in [-0.05, 0) is 31.4 Å². The van der Waals surface area contributed by atoms with Gasteiger partial charge in [0.1, 0.15) is 12.4 Å². The molecular formula is C17H22ClNO4. The highest BCUT2D eigenvalue weighted by molar-refractivity contribution is 6.32. The molecule has 0 spiro atoms. The van der Waals surface area contributed by atoms with Crippen LogP contribution >= 0.6 is 11.6 Å². The average Bonchev–Trinajstić information content (AvgIpc) is 2.56. The van der Waals surface area contributed by atoms with Crippen LogP contribution in [0.3, 0.4) is 0 Å². The van der Waals surface area contributed by atoms with Gasteiger partial charge in [-0.15, -0.1) is 0 Å². The van der Waals surface area contributed by atoms with Crippen LogP contribution in [0.4, 0.5) is 0 Å². The lowest BCUT2D eigenvalue weighted by molar-refractivity contribution is -0.145. The topological polar surface area (TPSA) is 66.8 Å². The minimum Gasteiger partial charge on any atom is -0.490 e. The molecule has 1 amide bonds. The smallest absolute Gasteiger partial charge is 0.306 e. The van der Waals surface area contributed by atoms with Crippen LogP contribution in [-0.2, 0) is 9.59 Å². The van der Waals surface area contributed by atoms with Crippen LogP contribution in [0.5, 0.6) is 5.75 Å². The molecule has 5 nitrogen and oxygen atoms in total. The number of hydrogen-bond donors (Lipinski definition) is 1. The molecule has 1 aliphatic carbocycles. The Bertz CT molecular complexity index is 563. The fourth-order valence-electron chi connectivity index (χ4n) is 2.91. The Kier molecular flexibility index (Phi) is 6.28. The normalized spacial score (nSPS) is 20.8. The maximum atomic E-state index is 12.4. The monoisotopic (exact) mass is 339 g/mol. The van der Waals surface area contributed by atoms with E-state index in [1.54, 1.807) is 24.1 Å². The van der Waals surface area contributed by atoms with Gasteiger partial charge in [-0.25, -0.2) is 0 Å². The molecule has 2 unspecified atom stereocenters. The van der Waals surface area contributed by atoms with E-state index in [-0.39, 0.29) is 11.8 Å². The van der Waals surface area contributed by atoms with Crippen LogP contribution in [-0.4, -0.2) is 42.1 Å². The number of halogens is 1. The van der Waals surface area contributed by atoms with Crippen LogP contribution in [0.25, 0.3) is 0 Å². The standard InChI is InChI=1S/C17H22ClNO4/c1-19(9-10-23-15-8-3-2-7-14(15)18)16(20)12-5-4-6-13(11-12)17(21)22/h2-3,7-8,12-13H,4-6,9-11H2,1H3,(H,21,22). The van der Waals surface area contributed by atoms with E-state index >= 15 is 0 Å². The van der Waals surface area contributed by atoms with E-state index in [1.807, 2.05) is 12.1 Å². The molecule has 0 aliphatic heterocycles. The number of amides is 1. The number of rotatable bonds is 6. The maximum Gasteiger partial charge on any atom is 0.306 e. The van der Waals surface area contributed by atoms with E-state index in [0.717, 1.165) is 12.8 Å². The highest BCUT2D eigenvalue weighted by Crippen LogP contribution is 2.30. The molecule has 0 radical (unpaired) electrons. The van der Waals surface area contributed by atoms with E-state index in [4.69, 9.17) is 21.4 Å². The summed E-state index contributed by atoms with van der Waals surface area (Å²) in [6, 6.07) is 7.19. The molecule has 2 atom stereocenters. The highest BCUT2D eigenvalue weighted by Gasteiger charge is 2.32. The minimum atomic E-state index is -0.799. The highest BCUT2D eigenvalue weighted by atomic mass is 35.5. The van der Waals surface area contributed by atoms with Gasteiger partial charge in [-0.3, -0.25) is 9.59 Å². The van der Waals surface area contributed by atoms with E-state index in [9.17, 15) is 9.59 Å². The SMILES string of the molecule is CN(CCOc1ccccc1Cl)C(=O)C1CCCC(C(=O)O)C1. The van der Waals surface area contributed by atoms with Crippen molar-refractivity contribution in [1.29, 1.82) is 0 Å². The third-order valence-corrected chi connectivity index (χ3v) is 4.58. The molecule has 6 heteroatoms. The third kappa shape index (κ3) is 4.86. The van der Waals surface area contributed by atoms with Gasteiger partial charge < -0.3 is 14.7 Å². The van der Waals surface area contributed by atoms with E-state index in [0.29, 0.717) is 36.8 Å². The van der Waals surface area contributed by atoms with Crippen LogP contribution in [0, 0.1) is 11.8 Å². The summed E-state index contributed by atoms with van der Waals surface area (Å²) in [7, 11) is 1.72. The minimum absolute atomic E-state index is 0.00120. The van der Waals surface area contributed by atoms with Crippen molar-refractivity contribution in [3.63, 3.8) is 0 Å². The molecule has 1 aromatic carbocycles. The molecule has 1 saturated carbocycles. The second-order valence-corrected chi connectivity index (χ2v) is 6.34. The third-order valence-electron chi connectivity index (χ3n) is 4.27. The summed E-state index contributed by atoms with van der Waals surface area (Å²) in [6.07, 6.45) is 2.65. The Hall–Kier alpha value is -1.75. The number of carbonyl (C=O) groups is 2. The van der Waals surface area contributed by atoms with Crippen molar-refractivity contribution in [3.05, 3.63) is 29.3 Å². The van der Waals surface area contributed by atoms with Crippen LogP contribution in [0.2, 0.25) is 5.02 Å². The number of aliphatic carboxylic acids is 1. The number of likely N-dealkylation sites (N-methyl/N-ethyl adjacent to an activating group) is 1. The molecule has 1 aromatic rings. The summed E-state index contributed by atoms with van der Waals surface area (Å²) in [4.78, 5) is 25.1. The Balaban J connectivity index is 1.81. The number of para-hydroxylation sites is 1. The summed E-state index contributed by atoms with van der Waals surface area (Å²) >= 11 is 6.01. The molecule has 23 heavy (non-hydrogen) atoms. The lowest BCUT2D eigenvalue weighted by atomic mass is 9.81. The second kappa shape index (κ2) is 8.20. The van der Waals surface area contributed by atoms with Crippen LogP contribution in [0.15, 0.2) is 24.3 Å². The zero-order chi connectivity index (χ0) is 16.8. The second-order valence-electron chi connectivity index (χ2n) is 5.94. The fourth-order valence-corrected chi connectivity index (χ4v) is 3.10. The largest absolute Gasteiger partial charge is 0.490 e. The zero-order valence-corrected chi connectivity index (χ0v) is 14.0. The quantitative estimate of drug-likeness (QED) is 0.865. The van der Waals surface area contributed by atoms with Gasteiger partial charge in [0, 0.05) is 13.0 Å². The summed E-state index contributed by atoms with van der Waals surface area (Å²) in [5.41, 5.74) is 0. The summed E-state index contributed by atoms with van der Waals surface area (Å²) in [5.74, 6) is -0.801. The zero-order valence-electron chi connectivity index (χ0n) is 13.2. The lowest BCUT2D eigenvalue weighted by Crippen LogP contribution is -2.38. The number of carbonyl (C=O) groups excluding carboxylic acids is 1. The van der Waals surface area contributed by atoms with Crippen molar-refractivity contribution in [1.82, 2.24) is 4.90 Å². The molecule has 2 rings (SSSR count). The molecule has 0 saturated heterocycles. The molecule has 0 heterocycles. The van der Waals surface area contributed by atoms with Gasteiger partial charge in [0.25, 0.3) is 0 Å². The van der Waals surface area contributed by atoms with Crippen LogP contribution in [0.1, 0.15) is 25.7 Å². The average molecular weight is 340 g/mol. The number of hydrogen-bond acceptors (Lipinski definition) is 3. The molecular weight excluding hydrogens is 318 g/mol. The summed E-state index contributed by atoms with van der Waals surface area (Å²) < 4.78 is 5.58. The molecule has 0 bridgehead atoms. The molecule has 126 valence electrons. The van der Waals surface area contributed by atoms with Gasteiger partial charge in [0.2, 0.25) is 5.91 Å². The summed E-state index contributed by atoms with van der Waals surface area (Å²) in [5, 5.41) is 9.65. The maximum absolute atomic E-state index is 12.4. The Morgan fingerprint density at radius 1 is 1.30 bits per heavy atom. The van der Waals surface area contributed by atoms with Crippen molar-refractivity contribution in [3.8, 4) is 5.75 Å². The van der Waals surface area contributed by atoms with Gasteiger partial charge in [-0.2, -0.15) is 0 Å². The van der Waals surface area contributed by atoms with Crippen molar-refractivity contribution in [2.75, 3.05) is 20.2 Å². The van der Waals surface area contributed by atoms with Gasteiger partial charge in [0.15, 0.2) is 0 Å². The number of carboxylic acids is 1. The van der Waals surface area contributed by atoms with Crippen molar-refractivity contribution in [2.45, 2.75) is 25.7 Å².